The predicted octanol–water partition coefficient (Wildman–Crippen LogP) is 1.72. The van der Waals surface area contributed by atoms with E-state index in [0.717, 1.165) is 18.5 Å². The smallest absolute Gasteiger partial charge is 0.0218 e. The summed E-state index contributed by atoms with van der Waals surface area (Å²) in [4.78, 5) is 2.66. The highest BCUT2D eigenvalue weighted by Gasteiger charge is 2.25. The van der Waals surface area contributed by atoms with Crippen molar-refractivity contribution < 1.29 is 0 Å². The Bertz CT molecular complexity index is 136. The Labute approximate surface area is 82.7 Å². The number of likely N-dealkylation sites (tertiary alicyclic amines) is 1. The van der Waals surface area contributed by atoms with Crippen molar-refractivity contribution in [3.63, 3.8) is 0 Å². The fraction of sp³-hybridized carbons (Fsp3) is 1.00. The maximum Gasteiger partial charge on any atom is 0.0218 e. The van der Waals surface area contributed by atoms with Crippen molar-refractivity contribution in [3.8, 4) is 0 Å². The van der Waals surface area contributed by atoms with Gasteiger partial charge in [-0.2, -0.15) is 0 Å². The molecule has 0 amide bonds. The van der Waals surface area contributed by atoms with Crippen LogP contribution in [0.15, 0.2) is 0 Å². The number of rotatable bonds is 5. The molecule has 1 rings (SSSR count). The van der Waals surface area contributed by atoms with Gasteiger partial charge in [0.25, 0.3) is 0 Å². The molecular weight excluding hydrogens is 160 g/mol. The van der Waals surface area contributed by atoms with Crippen LogP contribution in [-0.2, 0) is 0 Å². The molecule has 2 heteroatoms. The van der Waals surface area contributed by atoms with Gasteiger partial charge in [0, 0.05) is 19.1 Å². The van der Waals surface area contributed by atoms with Crippen molar-refractivity contribution in [2.75, 3.05) is 26.7 Å². The zero-order valence-corrected chi connectivity index (χ0v) is 9.34. The van der Waals surface area contributed by atoms with E-state index in [0.29, 0.717) is 0 Å². The summed E-state index contributed by atoms with van der Waals surface area (Å²) in [6, 6.07) is 0.765. The van der Waals surface area contributed by atoms with Gasteiger partial charge in [-0.25, -0.2) is 0 Å². The molecule has 0 radical (unpaired) electrons. The standard InChI is InChI=1S/C11H24N2/c1-4-10-6-7-13(9-10)11(5-2)8-12-3/h10-12H,4-9H2,1-3H3. The third-order valence-electron chi connectivity index (χ3n) is 3.32. The molecule has 0 aliphatic carbocycles. The van der Waals surface area contributed by atoms with E-state index in [1.54, 1.807) is 0 Å². The molecule has 2 nitrogen and oxygen atoms in total. The molecule has 1 aliphatic heterocycles. The average Bonchev–Trinajstić information content (AvgIpc) is 2.62. The highest BCUT2D eigenvalue weighted by atomic mass is 15.2. The largest absolute Gasteiger partial charge is 0.318 e. The minimum absolute atomic E-state index is 0.765. The lowest BCUT2D eigenvalue weighted by molar-refractivity contribution is 0.224. The van der Waals surface area contributed by atoms with Crippen LogP contribution in [0.5, 0.6) is 0 Å². The number of hydrogen-bond acceptors (Lipinski definition) is 2. The van der Waals surface area contributed by atoms with Gasteiger partial charge in [-0.3, -0.25) is 4.90 Å². The van der Waals surface area contributed by atoms with E-state index in [-0.39, 0.29) is 0 Å². The van der Waals surface area contributed by atoms with Crippen LogP contribution in [0.1, 0.15) is 33.1 Å². The van der Waals surface area contributed by atoms with Crippen molar-refractivity contribution >= 4 is 0 Å². The van der Waals surface area contributed by atoms with Crippen LogP contribution in [0, 0.1) is 5.92 Å². The van der Waals surface area contributed by atoms with Crippen LogP contribution in [0.3, 0.4) is 0 Å². The number of nitrogens with one attached hydrogen (secondary N) is 1. The summed E-state index contributed by atoms with van der Waals surface area (Å²) in [6.45, 7) is 8.40. The fourth-order valence-corrected chi connectivity index (χ4v) is 2.29. The monoisotopic (exact) mass is 184 g/mol. The van der Waals surface area contributed by atoms with E-state index in [9.17, 15) is 0 Å². The predicted molar refractivity (Wildman–Crippen MR) is 58.0 cm³/mol. The van der Waals surface area contributed by atoms with Crippen molar-refractivity contribution in [2.45, 2.75) is 39.2 Å². The van der Waals surface area contributed by atoms with Gasteiger partial charge in [-0.15, -0.1) is 0 Å². The highest BCUT2D eigenvalue weighted by molar-refractivity contribution is 4.81. The lowest BCUT2D eigenvalue weighted by Gasteiger charge is -2.26. The van der Waals surface area contributed by atoms with Gasteiger partial charge in [0.2, 0.25) is 0 Å². The summed E-state index contributed by atoms with van der Waals surface area (Å²) >= 11 is 0. The summed E-state index contributed by atoms with van der Waals surface area (Å²) in [5, 5.41) is 3.29. The maximum atomic E-state index is 3.29. The molecule has 2 unspecified atom stereocenters. The Hall–Kier alpha value is -0.0800. The molecule has 1 fully saturated rings. The molecule has 78 valence electrons. The summed E-state index contributed by atoms with van der Waals surface area (Å²) in [6.07, 6.45) is 4.04. The van der Waals surface area contributed by atoms with E-state index in [1.807, 2.05) is 0 Å². The molecule has 2 atom stereocenters. The Balaban J connectivity index is 2.33. The first kappa shape index (κ1) is 11.0. The van der Waals surface area contributed by atoms with E-state index in [1.165, 1.54) is 32.4 Å². The van der Waals surface area contributed by atoms with Crippen LogP contribution >= 0.6 is 0 Å². The van der Waals surface area contributed by atoms with Gasteiger partial charge in [0.1, 0.15) is 0 Å². The Morgan fingerprint density at radius 1 is 1.46 bits per heavy atom. The van der Waals surface area contributed by atoms with E-state index >= 15 is 0 Å². The van der Waals surface area contributed by atoms with Crippen LogP contribution in [0.2, 0.25) is 0 Å². The Morgan fingerprint density at radius 3 is 2.69 bits per heavy atom. The molecule has 0 bridgehead atoms. The highest BCUT2D eigenvalue weighted by Crippen LogP contribution is 2.21. The van der Waals surface area contributed by atoms with Gasteiger partial charge >= 0.3 is 0 Å². The second kappa shape index (κ2) is 5.61. The van der Waals surface area contributed by atoms with Crippen molar-refractivity contribution in [1.29, 1.82) is 0 Å². The van der Waals surface area contributed by atoms with E-state index in [2.05, 4.69) is 31.1 Å². The molecule has 1 saturated heterocycles. The minimum atomic E-state index is 0.765. The van der Waals surface area contributed by atoms with Crippen molar-refractivity contribution in [3.05, 3.63) is 0 Å². The topological polar surface area (TPSA) is 15.3 Å². The molecule has 0 saturated carbocycles. The molecule has 1 aliphatic rings. The zero-order chi connectivity index (χ0) is 9.68. The fourth-order valence-electron chi connectivity index (χ4n) is 2.29. The quantitative estimate of drug-likeness (QED) is 0.700. The van der Waals surface area contributed by atoms with Gasteiger partial charge in [-0.1, -0.05) is 20.3 Å². The minimum Gasteiger partial charge on any atom is -0.318 e. The lowest BCUT2D eigenvalue weighted by Crippen LogP contribution is -2.39. The molecule has 1 N–H and O–H groups in total. The molecule has 1 heterocycles. The Morgan fingerprint density at radius 2 is 2.23 bits per heavy atom. The SMILES string of the molecule is CCC1CCN(C(CC)CNC)C1. The van der Waals surface area contributed by atoms with Crippen molar-refractivity contribution in [1.82, 2.24) is 10.2 Å². The normalized spacial score (nSPS) is 26.5. The van der Waals surface area contributed by atoms with Crippen molar-refractivity contribution in [2.24, 2.45) is 5.92 Å². The lowest BCUT2D eigenvalue weighted by atomic mass is 10.1. The second-order valence-electron chi connectivity index (χ2n) is 4.18. The summed E-state index contributed by atoms with van der Waals surface area (Å²) < 4.78 is 0. The molecule has 0 aromatic carbocycles. The Kier molecular flexibility index (Phi) is 4.74. The third kappa shape index (κ3) is 2.96. The molecule has 0 aromatic rings. The number of likely N-dealkylation sites (N-methyl/N-ethyl adjacent to an activating group) is 1. The summed E-state index contributed by atoms with van der Waals surface area (Å²) in [7, 11) is 2.05. The molecular formula is C11H24N2. The number of nitrogens with zero attached hydrogens (tertiary/aromatic N) is 1. The molecule has 0 aromatic heterocycles. The van der Waals surface area contributed by atoms with Crippen LogP contribution in [-0.4, -0.2) is 37.6 Å². The van der Waals surface area contributed by atoms with E-state index < -0.39 is 0 Å². The third-order valence-corrected chi connectivity index (χ3v) is 3.32. The van der Waals surface area contributed by atoms with Gasteiger partial charge in [0.05, 0.1) is 0 Å². The van der Waals surface area contributed by atoms with Gasteiger partial charge in [-0.05, 0) is 32.4 Å². The van der Waals surface area contributed by atoms with Crippen LogP contribution in [0.4, 0.5) is 0 Å². The van der Waals surface area contributed by atoms with Crippen LogP contribution < -0.4 is 5.32 Å². The first-order chi connectivity index (χ1) is 6.31. The van der Waals surface area contributed by atoms with Crippen LogP contribution in [0.25, 0.3) is 0 Å². The molecule has 0 spiro atoms. The molecule has 13 heavy (non-hydrogen) atoms. The summed E-state index contributed by atoms with van der Waals surface area (Å²) in [5.41, 5.74) is 0. The second-order valence-corrected chi connectivity index (χ2v) is 4.18. The van der Waals surface area contributed by atoms with Gasteiger partial charge in [0.15, 0.2) is 0 Å². The van der Waals surface area contributed by atoms with Gasteiger partial charge < -0.3 is 5.32 Å². The number of hydrogen-bond donors (Lipinski definition) is 1. The summed E-state index contributed by atoms with van der Waals surface area (Å²) in [5.74, 6) is 0.964. The first-order valence-corrected chi connectivity index (χ1v) is 5.70. The average molecular weight is 184 g/mol. The first-order valence-electron chi connectivity index (χ1n) is 5.70. The zero-order valence-electron chi connectivity index (χ0n) is 9.34. The maximum absolute atomic E-state index is 3.29. The van der Waals surface area contributed by atoms with E-state index in [4.69, 9.17) is 0 Å².